The molecule has 5 rings (SSSR count). The monoisotopic (exact) mass is 501 g/mol. The molecule has 5 fully saturated rings. The van der Waals surface area contributed by atoms with Gasteiger partial charge in [0.15, 0.2) is 0 Å². The first-order valence-corrected chi connectivity index (χ1v) is 14.7. The van der Waals surface area contributed by atoms with Crippen molar-refractivity contribution in [2.45, 2.75) is 85.0 Å². The lowest BCUT2D eigenvalue weighted by atomic mass is 9.44. The molecule has 1 saturated heterocycles. The minimum atomic E-state index is -0.0770. The summed E-state index contributed by atoms with van der Waals surface area (Å²) in [6.45, 7) is 11.8. The number of hydrogen-bond acceptors (Lipinski definition) is 6. The molecule has 0 aromatic rings. The van der Waals surface area contributed by atoms with Crippen molar-refractivity contribution in [2.75, 3.05) is 39.5 Å². The second-order valence-corrected chi connectivity index (χ2v) is 13.3. The summed E-state index contributed by atoms with van der Waals surface area (Å²) < 4.78 is 10.9. The van der Waals surface area contributed by atoms with E-state index in [-0.39, 0.29) is 28.6 Å². The number of Topliss-reactive ketones (excluding diaryl/α,β-unsaturated/α-hetero) is 2. The molecule has 202 valence electrons. The van der Waals surface area contributed by atoms with Gasteiger partial charge in [-0.05, 0) is 78.9 Å². The topological polar surface area (TPSA) is 72.9 Å². The van der Waals surface area contributed by atoms with Crippen LogP contribution in [0.5, 0.6) is 0 Å². The van der Waals surface area contributed by atoms with E-state index in [9.17, 15) is 14.4 Å². The van der Waals surface area contributed by atoms with Gasteiger partial charge in [-0.25, -0.2) is 0 Å². The lowest BCUT2D eigenvalue weighted by Crippen LogP contribution is -2.57. The molecule has 0 radical (unpaired) electrons. The number of ketones is 2. The van der Waals surface area contributed by atoms with Gasteiger partial charge in [0.05, 0.1) is 13.2 Å². The summed E-state index contributed by atoms with van der Waals surface area (Å²) in [4.78, 5) is 40.5. The summed E-state index contributed by atoms with van der Waals surface area (Å²) in [6.07, 6.45) is 8.89. The second kappa shape index (κ2) is 10.5. The van der Waals surface area contributed by atoms with Crippen molar-refractivity contribution >= 4 is 17.5 Å². The fourth-order valence-electron chi connectivity index (χ4n) is 9.43. The maximum atomic E-state index is 13.5. The maximum absolute atomic E-state index is 13.5. The first-order chi connectivity index (χ1) is 17.2. The predicted octanol–water partition coefficient (Wildman–Crippen LogP) is 4.69. The normalized spacial score (nSPS) is 41.8. The average Bonchev–Trinajstić information content (AvgIpc) is 3.21. The summed E-state index contributed by atoms with van der Waals surface area (Å²) in [5.74, 6) is 3.12. The first-order valence-electron chi connectivity index (χ1n) is 14.7. The third-order valence-electron chi connectivity index (χ3n) is 11.6. The van der Waals surface area contributed by atoms with Crippen LogP contribution < -0.4 is 0 Å². The fraction of sp³-hybridized carbons (Fsp3) is 0.900. The van der Waals surface area contributed by atoms with Crippen LogP contribution in [0.3, 0.4) is 0 Å². The van der Waals surface area contributed by atoms with E-state index in [1.807, 2.05) is 0 Å². The Kier molecular flexibility index (Phi) is 7.67. The van der Waals surface area contributed by atoms with Gasteiger partial charge in [0, 0.05) is 51.2 Å². The second-order valence-electron chi connectivity index (χ2n) is 13.3. The largest absolute Gasteiger partial charge is 0.464 e. The van der Waals surface area contributed by atoms with E-state index >= 15 is 0 Å². The van der Waals surface area contributed by atoms with Gasteiger partial charge in [-0.3, -0.25) is 19.3 Å². The van der Waals surface area contributed by atoms with Crippen LogP contribution in [0.25, 0.3) is 0 Å². The summed E-state index contributed by atoms with van der Waals surface area (Å²) >= 11 is 0. The predicted molar refractivity (Wildman–Crippen MR) is 137 cm³/mol. The molecule has 0 spiro atoms. The molecule has 5 aliphatic rings. The molecule has 0 aromatic heterocycles. The zero-order valence-corrected chi connectivity index (χ0v) is 22.8. The number of hydrogen-bond donors (Lipinski definition) is 0. The Morgan fingerprint density at radius 2 is 1.81 bits per heavy atom. The van der Waals surface area contributed by atoms with E-state index in [1.165, 1.54) is 12.8 Å². The molecule has 4 saturated carbocycles. The number of fused-ring (bicyclic) bond motifs is 5. The third kappa shape index (κ3) is 4.81. The Hall–Kier alpha value is -1.27. The molecule has 1 heterocycles. The Morgan fingerprint density at radius 3 is 2.58 bits per heavy atom. The molecule has 36 heavy (non-hydrogen) atoms. The fourth-order valence-corrected chi connectivity index (χ4v) is 9.43. The van der Waals surface area contributed by atoms with Crippen LogP contribution >= 0.6 is 0 Å². The lowest BCUT2D eigenvalue weighted by molar-refractivity contribution is -0.159. The van der Waals surface area contributed by atoms with E-state index < -0.39 is 0 Å². The van der Waals surface area contributed by atoms with Crippen molar-refractivity contribution in [1.82, 2.24) is 4.90 Å². The number of nitrogens with zero attached hydrogens (tertiary/aromatic N) is 1. The number of esters is 1. The highest BCUT2D eigenvalue weighted by Gasteiger charge is 2.63. The molecule has 0 N–H and O–H groups in total. The smallest absolute Gasteiger partial charge is 0.305 e. The summed E-state index contributed by atoms with van der Waals surface area (Å²) in [5, 5.41) is 0. The van der Waals surface area contributed by atoms with Crippen LogP contribution in [-0.4, -0.2) is 61.9 Å². The maximum Gasteiger partial charge on any atom is 0.305 e. The van der Waals surface area contributed by atoms with Crippen LogP contribution in [0, 0.1) is 46.3 Å². The molecular formula is C30H47NO5. The Labute approximate surface area is 217 Å². The Balaban J connectivity index is 1.16. The number of rotatable bonds is 7. The molecule has 1 aliphatic heterocycles. The van der Waals surface area contributed by atoms with Gasteiger partial charge in [0.2, 0.25) is 0 Å². The molecule has 6 heteroatoms. The number of carbonyl (C=O) groups is 3. The van der Waals surface area contributed by atoms with Crippen molar-refractivity contribution in [2.24, 2.45) is 46.3 Å². The molecule has 0 aromatic carbocycles. The molecule has 6 nitrogen and oxygen atoms in total. The molecule has 0 amide bonds. The molecule has 0 unspecified atom stereocenters. The molecular weight excluding hydrogens is 454 g/mol. The van der Waals surface area contributed by atoms with Crippen molar-refractivity contribution in [3.05, 3.63) is 0 Å². The van der Waals surface area contributed by atoms with E-state index in [4.69, 9.17) is 9.47 Å². The summed E-state index contributed by atoms with van der Waals surface area (Å²) in [6, 6.07) is 0. The van der Waals surface area contributed by atoms with Gasteiger partial charge in [0.25, 0.3) is 0 Å². The zero-order chi connectivity index (χ0) is 25.5. The highest BCUT2D eigenvalue weighted by molar-refractivity contribution is 5.86. The van der Waals surface area contributed by atoms with Gasteiger partial charge < -0.3 is 9.47 Å². The van der Waals surface area contributed by atoms with Gasteiger partial charge in [-0.1, -0.05) is 20.8 Å². The highest BCUT2D eigenvalue weighted by Crippen LogP contribution is 2.67. The van der Waals surface area contributed by atoms with Crippen LogP contribution in [0.15, 0.2) is 0 Å². The van der Waals surface area contributed by atoms with Gasteiger partial charge in [-0.15, -0.1) is 0 Å². The molecule has 8 atom stereocenters. The summed E-state index contributed by atoms with van der Waals surface area (Å²) in [7, 11) is 0. The van der Waals surface area contributed by atoms with Crippen molar-refractivity contribution in [3.8, 4) is 0 Å². The van der Waals surface area contributed by atoms with Crippen LogP contribution in [-0.2, 0) is 23.9 Å². The minimum Gasteiger partial charge on any atom is -0.464 e. The number of morpholine rings is 1. The molecule has 4 aliphatic carbocycles. The van der Waals surface area contributed by atoms with E-state index in [2.05, 4.69) is 25.7 Å². The van der Waals surface area contributed by atoms with Crippen molar-refractivity contribution in [1.29, 1.82) is 0 Å². The third-order valence-corrected chi connectivity index (χ3v) is 11.6. The van der Waals surface area contributed by atoms with Gasteiger partial charge in [-0.2, -0.15) is 0 Å². The average molecular weight is 502 g/mol. The van der Waals surface area contributed by atoms with E-state index in [1.54, 1.807) is 0 Å². The van der Waals surface area contributed by atoms with E-state index in [0.717, 1.165) is 58.5 Å². The standard InChI is InChI=1S/C30H47NO5/c1-20(4-7-27(34)36-17-14-31-12-15-35-16-13-31)23-5-6-24-28-25(9-11-30(23,24)3)29(2)10-8-22(32)18-21(29)19-26(28)33/h20-21,23-25,28H,4-19H2,1-3H3/t20-,21+,23-,24+,25+,28+,29+,30-/m1/s1. The zero-order valence-electron chi connectivity index (χ0n) is 22.8. The lowest BCUT2D eigenvalue weighted by Gasteiger charge is -2.59. The quantitative estimate of drug-likeness (QED) is 0.472. The summed E-state index contributed by atoms with van der Waals surface area (Å²) in [5.41, 5.74) is 0.340. The Morgan fingerprint density at radius 1 is 1.06 bits per heavy atom. The van der Waals surface area contributed by atoms with Crippen LogP contribution in [0.2, 0.25) is 0 Å². The molecule has 0 bridgehead atoms. The number of carbonyl (C=O) groups excluding carboxylic acids is 3. The van der Waals surface area contributed by atoms with Crippen LogP contribution in [0.1, 0.15) is 85.0 Å². The first kappa shape index (κ1) is 26.3. The Bertz CT molecular complexity index is 852. The van der Waals surface area contributed by atoms with Crippen LogP contribution in [0.4, 0.5) is 0 Å². The number of ether oxygens (including phenoxy) is 2. The van der Waals surface area contributed by atoms with Gasteiger partial charge in [0.1, 0.15) is 18.2 Å². The van der Waals surface area contributed by atoms with Gasteiger partial charge >= 0.3 is 5.97 Å². The SMILES string of the molecule is C[C@H](CCC(=O)OCCN1CCOCC1)[C@H]1CC[C@H]2[C@@H]3C(=O)C[C@@H]4CC(=O)CC[C@]4(C)[C@H]3CC[C@]12C. The highest BCUT2D eigenvalue weighted by atomic mass is 16.5. The minimum absolute atomic E-state index is 0.0770. The van der Waals surface area contributed by atoms with E-state index in [0.29, 0.717) is 67.5 Å². The van der Waals surface area contributed by atoms with Crippen molar-refractivity contribution in [3.63, 3.8) is 0 Å². The van der Waals surface area contributed by atoms with Crippen molar-refractivity contribution < 1.29 is 23.9 Å².